The van der Waals surface area contributed by atoms with E-state index in [9.17, 15) is 9.59 Å². The second-order valence-electron chi connectivity index (χ2n) is 7.13. The minimum absolute atomic E-state index is 0.233. The maximum Gasteiger partial charge on any atom is 0.310 e. The zero-order valence-electron chi connectivity index (χ0n) is 19.7. The van der Waals surface area contributed by atoms with Gasteiger partial charge in [-0.25, -0.2) is 0 Å². The van der Waals surface area contributed by atoms with E-state index in [0.717, 1.165) is 16.8 Å². The number of hydrogen-bond acceptors (Lipinski definition) is 7. The first-order valence-corrected chi connectivity index (χ1v) is 12.1. The Hall–Kier alpha value is -2.34. The normalized spacial score (nSPS) is 10.7. The van der Waals surface area contributed by atoms with E-state index in [1.54, 1.807) is 33.9 Å². The molecule has 2 aromatic rings. The molecule has 0 amide bonds. The predicted octanol–water partition coefficient (Wildman–Crippen LogP) is 5.93. The number of carbonyl (C=O) groups excluding carboxylic acids is 2. The second-order valence-corrected chi connectivity index (χ2v) is 8.62. The van der Waals surface area contributed by atoms with E-state index in [2.05, 4.69) is 4.98 Å². The Kier molecular flexibility index (Phi) is 13.4. The first kappa shape index (κ1) is 27.7. The lowest BCUT2D eigenvalue weighted by Gasteiger charge is -2.18. The van der Waals surface area contributed by atoms with Crippen molar-refractivity contribution in [2.45, 2.75) is 47.7 Å². The highest BCUT2D eigenvalue weighted by Gasteiger charge is 2.17. The van der Waals surface area contributed by atoms with Gasteiger partial charge in [0, 0.05) is 17.5 Å². The summed E-state index contributed by atoms with van der Waals surface area (Å²) in [5.74, 6) is -1.22. The molecule has 1 aromatic carbocycles. The molecular formula is C24H34NO6P. The van der Waals surface area contributed by atoms with Crippen molar-refractivity contribution in [1.29, 1.82) is 0 Å². The summed E-state index contributed by atoms with van der Waals surface area (Å²) in [6.07, 6.45) is 2.15. The van der Waals surface area contributed by atoms with Gasteiger partial charge in [-0.1, -0.05) is 77.9 Å². The molecule has 8 heteroatoms. The maximum atomic E-state index is 11.6. The minimum atomic E-state index is -1.52. The lowest BCUT2D eigenvalue weighted by atomic mass is 10.1. The van der Waals surface area contributed by atoms with Gasteiger partial charge < -0.3 is 9.47 Å². The van der Waals surface area contributed by atoms with Gasteiger partial charge in [-0.15, -0.1) is 0 Å². The highest BCUT2D eigenvalue weighted by atomic mass is 31.2. The summed E-state index contributed by atoms with van der Waals surface area (Å²) in [6, 6.07) is 13.8. The van der Waals surface area contributed by atoms with Gasteiger partial charge in [0.2, 0.25) is 0 Å². The topological polar surface area (TPSA) is 84.0 Å². The van der Waals surface area contributed by atoms with E-state index in [4.69, 9.17) is 18.5 Å². The summed E-state index contributed by atoms with van der Waals surface area (Å²) in [7, 11) is -1.52. The molecule has 0 aliphatic rings. The molecule has 0 radical (unpaired) electrons. The quantitative estimate of drug-likeness (QED) is 0.232. The Balaban J connectivity index is 0.00000249. The van der Waals surface area contributed by atoms with Crippen molar-refractivity contribution in [3.05, 3.63) is 54.4 Å². The Morgan fingerprint density at radius 2 is 1.34 bits per heavy atom. The van der Waals surface area contributed by atoms with Gasteiger partial charge in [0.15, 0.2) is 22.0 Å². The summed E-state index contributed by atoms with van der Waals surface area (Å²) in [5, 5.41) is 0. The molecule has 0 fully saturated rings. The third-order valence-corrected chi connectivity index (χ3v) is 5.33. The van der Waals surface area contributed by atoms with Crippen LogP contribution < -0.4 is 0 Å². The fourth-order valence-electron chi connectivity index (χ4n) is 2.20. The average Bonchev–Trinajstić information content (AvgIpc) is 2.81. The van der Waals surface area contributed by atoms with Crippen LogP contribution in [-0.4, -0.2) is 30.5 Å². The van der Waals surface area contributed by atoms with E-state index in [1.807, 2.05) is 56.3 Å². The molecule has 176 valence electrons. The van der Waals surface area contributed by atoms with Crippen molar-refractivity contribution in [2.75, 3.05) is 13.6 Å². The lowest BCUT2D eigenvalue weighted by molar-refractivity contribution is -0.155. The molecule has 0 unspecified atom stereocenters. The number of aromatic nitrogens is 1. The smallest absolute Gasteiger partial charge is 0.310 e. The van der Waals surface area contributed by atoms with Crippen molar-refractivity contribution in [3.63, 3.8) is 0 Å². The SMILES string of the molecule is CC.CC(C)C(=O)OCOP(Cc1ccc(-c2ccccc2)cn1)OCOC(=O)C(C)C. The summed E-state index contributed by atoms with van der Waals surface area (Å²) in [6.45, 7) is 10.5. The molecule has 7 nitrogen and oxygen atoms in total. The first-order chi connectivity index (χ1) is 15.4. The number of carbonyl (C=O) groups is 2. The van der Waals surface area contributed by atoms with Crippen LogP contribution >= 0.6 is 8.38 Å². The number of rotatable bonds is 11. The van der Waals surface area contributed by atoms with Gasteiger partial charge >= 0.3 is 11.9 Å². The fraction of sp³-hybridized carbons (Fsp3) is 0.458. The van der Waals surface area contributed by atoms with Crippen LogP contribution in [0.3, 0.4) is 0 Å². The zero-order valence-corrected chi connectivity index (χ0v) is 20.6. The summed E-state index contributed by atoms with van der Waals surface area (Å²) in [4.78, 5) is 27.7. The monoisotopic (exact) mass is 463 g/mol. The molecular weight excluding hydrogens is 429 g/mol. The molecule has 0 spiro atoms. The molecule has 0 aliphatic carbocycles. The van der Waals surface area contributed by atoms with Gasteiger partial charge in [0.1, 0.15) is 0 Å². The molecule has 32 heavy (non-hydrogen) atoms. The fourth-order valence-corrected chi connectivity index (χ4v) is 3.25. The van der Waals surface area contributed by atoms with Crippen molar-refractivity contribution in [2.24, 2.45) is 11.8 Å². The molecule has 0 N–H and O–H groups in total. The molecule has 0 bridgehead atoms. The van der Waals surface area contributed by atoms with Gasteiger partial charge in [-0.3, -0.25) is 23.6 Å². The molecule has 1 heterocycles. The van der Waals surface area contributed by atoms with Crippen LogP contribution in [0, 0.1) is 11.8 Å². The third kappa shape index (κ3) is 10.3. The van der Waals surface area contributed by atoms with Crippen LogP contribution in [0.2, 0.25) is 0 Å². The van der Waals surface area contributed by atoms with Crippen molar-refractivity contribution < 1.29 is 28.1 Å². The third-order valence-electron chi connectivity index (χ3n) is 3.96. The number of pyridine rings is 1. The van der Waals surface area contributed by atoms with E-state index in [0.29, 0.717) is 6.16 Å². The van der Waals surface area contributed by atoms with E-state index < -0.39 is 8.38 Å². The van der Waals surface area contributed by atoms with Crippen LogP contribution in [0.4, 0.5) is 0 Å². The maximum absolute atomic E-state index is 11.6. The highest BCUT2D eigenvalue weighted by Crippen LogP contribution is 2.42. The zero-order chi connectivity index (χ0) is 23.9. The molecule has 1 aromatic heterocycles. The van der Waals surface area contributed by atoms with Gasteiger partial charge in [0.05, 0.1) is 18.0 Å². The van der Waals surface area contributed by atoms with Crippen LogP contribution in [0.25, 0.3) is 11.1 Å². The summed E-state index contributed by atoms with van der Waals surface area (Å²) < 4.78 is 21.3. The highest BCUT2D eigenvalue weighted by molar-refractivity contribution is 7.46. The summed E-state index contributed by atoms with van der Waals surface area (Å²) >= 11 is 0. The minimum Gasteiger partial charge on any atom is -0.438 e. The lowest BCUT2D eigenvalue weighted by Crippen LogP contribution is -2.15. The van der Waals surface area contributed by atoms with Crippen LogP contribution in [0.5, 0.6) is 0 Å². The standard InChI is InChI=1S/C22H28NO6P.C2H6/c1-16(2)21(24)26-14-28-30(29-15-27-22(25)17(3)4)13-20-11-10-19(12-23-20)18-8-6-5-7-9-18;1-2/h5-12,16-17H,13-15H2,1-4H3;1-2H3. The first-order valence-electron chi connectivity index (χ1n) is 10.7. The van der Waals surface area contributed by atoms with Gasteiger partial charge in [-0.2, -0.15) is 0 Å². The van der Waals surface area contributed by atoms with E-state index in [-0.39, 0.29) is 37.4 Å². The van der Waals surface area contributed by atoms with Gasteiger partial charge in [0.25, 0.3) is 0 Å². The molecule has 0 saturated carbocycles. The Morgan fingerprint density at radius 1 is 0.812 bits per heavy atom. The van der Waals surface area contributed by atoms with E-state index >= 15 is 0 Å². The molecule has 0 atom stereocenters. The number of benzene rings is 1. The molecule has 2 rings (SSSR count). The average molecular weight is 464 g/mol. The largest absolute Gasteiger partial charge is 0.438 e. The predicted molar refractivity (Wildman–Crippen MR) is 125 cm³/mol. The van der Waals surface area contributed by atoms with Crippen molar-refractivity contribution in [1.82, 2.24) is 4.98 Å². The second kappa shape index (κ2) is 15.5. The number of esters is 2. The van der Waals surface area contributed by atoms with Crippen LogP contribution in [-0.2, 0) is 34.3 Å². The Bertz CT molecular complexity index is 770. The number of nitrogens with zero attached hydrogens (tertiary/aromatic N) is 1. The van der Waals surface area contributed by atoms with Crippen molar-refractivity contribution >= 4 is 20.3 Å². The van der Waals surface area contributed by atoms with Gasteiger partial charge in [-0.05, 0) is 11.6 Å². The van der Waals surface area contributed by atoms with Crippen LogP contribution in [0.1, 0.15) is 47.2 Å². The Morgan fingerprint density at radius 3 is 1.78 bits per heavy atom. The van der Waals surface area contributed by atoms with E-state index in [1.165, 1.54) is 0 Å². The van der Waals surface area contributed by atoms with Crippen LogP contribution in [0.15, 0.2) is 48.7 Å². The summed E-state index contributed by atoms with van der Waals surface area (Å²) in [5.41, 5.74) is 2.83. The number of ether oxygens (including phenoxy) is 2. The molecule has 0 saturated heterocycles. The van der Waals surface area contributed by atoms with Crippen molar-refractivity contribution in [3.8, 4) is 11.1 Å². The number of hydrogen-bond donors (Lipinski definition) is 0. The molecule has 0 aliphatic heterocycles. The Labute approximate surface area is 192 Å².